The molecule has 0 aliphatic rings. The van der Waals surface area contributed by atoms with Crippen molar-refractivity contribution >= 4 is 11.9 Å². The lowest BCUT2D eigenvalue weighted by atomic mass is 10.0. The summed E-state index contributed by atoms with van der Waals surface area (Å²) >= 11 is 0. The van der Waals surface area contributed by atoms with Crippen molar-refractivity contribution < 1.29 is 14.7 Å². The smallest absolute Gasteiger partial charge is 0.336 e. The summed E-state index contributed by atoms with van der Waals surface area (Å²) in [5.74, 6) is 3.65. The topological polar surface area (TPSA) is 80.4 Å². The molecule has 16 heavy (non-hydrogen) atoms. The fourth-order valence-electron chi connectivity index (χ4n) is 1.23. The van der Waals surface area contributed by atoms with Crippen LogP contribution in [0.5, 0.6) is 0 Å². The Labute approximate surface area is 93.1 Å². The van der Waals surface area contributed by atoms with E-state index in [2.05, 4.69) is 11.8 Å². The average molecular weight is 217 g/mol. The molecule has 1 rings (SSSR count). The molecule has 1 aromatic rings. The van der Waals surface area contributed by atoms with E-state index in [0.29, 0.717) is 5.56 Å². The average Bonchev–Trinajstić information content (AvgIpc) is 2.19. The fraction of sp³-hybridized carbons (Fsp3) is 0.167. The van der Waals surface area contributed by atoms with Crippen LogP contribution in [-0.2, 0) is 4.79 Å². The van der Waals surface area contributed by atoms with Crippen molar-refractivity contribution in [3.63, 3.8) is 0 Å². The van der Waals surface area contributed by atoms with Crippen molar-refractivity contribution in [3.05, 3.63) is 34.9 Å². The first-order valence-electron chi connectivity index (χ1n) is 4.62. The second-order valence-electron chi connectivity index (χ2n) is 3.25. The van der Waals surface area contributed by atoms with Gasteiger partial charge in [0.1, 0.15) is 0 Å². The first-order chi connectivity index (χ1) is 7.52. The number of nitrogens with two attached hydrogens (primary N) is 1. The van der Waals surface area contributed by atoms with Crippen molar-refractivity contribution in [1.82, 2.24) is 0 Å². The maximum atomic E-state index is 10.9. The van der Waals surface area contributed by atoms with Crippen molar-refractivity contribution in [3.8, 4) is 11.8 Å². The highest BCUT2D eigenvalue weighted by Gasteiger charge is 2.09. The number of hydrogen-bond donors (Lipinski definition) is 2. The van der Waals surface area contributed by atoms with Gasteiger partial charge >= 0.3 is 5.97 Å². The van der Waals surface area contributed by atoms with Crippen LogP contribution in [-0.4, -0.2) is 17.0 Å². The van der Waals surface area contributed by atoms with Crippen molar-refractivity contribution in [2.75, 3.05) is 0 Å². The van der Waals surface area contributed by atoms with Gasteiger partial charge in [-0.3, -0.25) is 4.79 Å². The summed E-state index contributed by atoms with van der Waals surface area (Å²) in [7, 11) is 0. The molecule has 0 radical (unpaired) electrons. The third-order valence-electron chi connectivity index (χ3n) is 1.98. The van der Waals surface area contributed by atoms with E-state index in [9.17, 15) is 9.59 Å². The maximum absolute atomic E-state index is 10.9. The van der Waals surface area contributed by atoms with E-state index in [4.69, 9.17) is 10.8 Å². The number of aromatic carboxylic acids is 1. The van der Waals surface area contributed by atoms with E-state index >= 15 is 0 Å². The van der Waals surface area contributed by atoms with Crippen LogP contribution in [0.1, 0.15) is 27.9 Å². The molecule has 0 saturated carbocycles. The minimum absolute atomic E-state index is 0.0760. The molecule has 0 aromatic heterocycles. The number of carboxylic acid groups (broad SMARTS) is 1. The highest BCUT2D eigenvalue weighted by atomic mass is 16.4. The molecule has 82 valence electrons. The van der Waals surface area contributed by atoms with Crippen LogP contribution >= 0.6 is 0 Å². The SMILES string of the molecule is Cc1cccc(C(=O)O)c1C#CCC(N)=O. The molecule has 0 aliphatic carbocycles. The van der Waals surface area contributed by atoms with Crippen molar-refractivity contribution in [2.45, 2.75) is 13.3 Å². The normalized spacial score (nSPS) is 9.06. The summed E-state index contributed by atoms with van der Waals surface area (Å²) in [6.07, 6.45) is -0.0760. The van der Waals surface area contributed by atoms with Gasteiger partial charge in [0.05, 0.1) is 12.0 Å². The van der Waals surface area contributed by atoms with Gasteiger partial charge in [-0.1, -0.05) is 24.0 Å². The minimum Gasteiger partial charge on any atom is -0.478 e. The molecule has 4 heteroatoms. The number of carbonyl (C=O) groups is 2. The van der Waals surface area contributed by atoms with E-state index in [0.717, 1.165) is 5.56 Å². The van der Waals surface area contributed by atoms with Gasteiger partial charge in [0, 0.05) is 5.56 Å². The Bertz CT molecular complexity index is 495. The molecule has 1 amide bonds. The van der Waals surface area contributed by atoms with E-state index in [1.54, 1.807) is 19.1 Å². The predicted octanol–water partition coefficient (Wildman–Crippen LogP) is 0.920. The number of primary amides is 1. The van der Waals surface area contributed by atoms with Crippen molar-refractivity contribution in [1.29, 1.82) is 0 Å². The fourth-order valence-corrected chi connectivity index (χ4v) is 1.23. The number of carbonyl (C=O) groups excluding carboxylic acids is 1. The van der Waals surface area contributed by atoms with E-state index < -0.39 is 11.9 Å². The highest BCUT2D eigenvalue weighted by molar-refractivity contribution is 5.91. The number of hydrogen-bond acceptors (Lipinski definition) is 2. The van der Waals surface area contributed by atoms with Gasteiger partial charge in [0.2, 0.25) is 5.91 Å². The Morgan fingerprint density at radius 3 is 2.69 bits per heavy atom. The number of benzene rings is 1. The molecule has 0 heterocycles. The third-order valence-corrected chi connectivity index (χ3v) is 1.98. The quantitative estimate of drug-likeness (QED) is 0.723. The van der Waals surface area contributed by atoms with Crippen LogP contribution in [0.25, 0.3) is 0 Å². The standard InChI is InChI=1S/C12H11NO3/c1-8-4-2-6-10(12(15)16)9(8)5-3-7-11(13)14/h2,4,6H,7H2,1H3,(H2,13,14)(H,15,16). The number of carboxylic acids is 1. The lowest BCUT2D eigenvalue weighted by molar-refractivity contribution is -0.117. The molecule has 0 spiro atoms. The molecule has 0 unspecified atom stereocenters. The van der Waals surface area contributed by atoms with E-state index in [1.165, 1.54) is 6.07 Å². The number of rotatable bonds is 2. The van der Waals surface area contributed by atoms with E-state index in [-0.39, 0.29) is 12.0 Å². The predicted molar refractivity (Wildman–Crippen MR) is 58.8 cm³/mol. The van der Waals surface area contributed by atoms with Crippen molar-refractivity contribution in [2.24, 2.45) is 5.73 Å². The summed E-state index contributed by atoms with van der Waals surface area (Å²) in [6.45, 7) is 1.76. The Morgan fingerprint density at radius 2 is 2.12 bits per heavy atom. The highest BCUT2D eigenvalue weighted by Crippen LogP contribution is 2.12. The molecular formula is C12H11NO3. The maximum Gasteiger partial charge on any atom is 0.336 e. The first-order valence-corrected chi connectivity index (χ1v) is 4.62. The monoisotopic (exact) mass is 217 g/mol. The third kappa shape index (κ3) is 2.85. The summed E-state index contributed by atoms with van der Waals surface area (Å²) in [4.78, 5) is 21.4. The molecule has 0 bridgehead atoms. The summed E-state index contributed by atoms with van der Waals surface area (Å²) in [5, 5.41) is 8.94. The molecular weight excluding hydrogens is 206 g/mol. The molecule has 0 atom stereocenters. The summed E-state index contributed by atoms with van der Waals surface area (Å²) in [5.41, 5.74) is 6.26. The minimum atomic E-state index is -1.04. The van der Waals surface area contributed by atoms with Gasteiger partial charge in [-0.15, -0.1) is 0 Å². The van der Waals surface area contributed by atoms with Gasteiger partial charge in [-0.25, -0.2) is 4.79 Å². The lowest BCUT2D eigenvalue weighted by Gasteiger charge is -2.02. The molecule has 4 nitrogen and oxygen atoms in total. The molecule has 3 N–H and O–H groups in total. The van der Waals surface area contributed by atoms with Gasteiger partial charge in [-0.05, 0) is 18.6 Å². The Morgan fingerprint density at radius 1 is 1.44 bits per heavy atom. The molecule has 0 fully saturated rings. The molecule has 1 aromatic carbocycles. The second kappa shape index (κ2) is 4.99. The Kier molecular flexibility index (Phi) is 3.67. The Hall–Kier alpha value is -2.28. The van der Waals surface area contributed by atoms with Crippen LogP contribution in [0.4, 0.5) is 0 Å². The van der Waals surface area contributed by atoms with Crippen LogP contribution in [0.2, 0.25) is 0 Å². The van der Waals surface area contributed by atoms with Gasteiger partial charge in [0.25, 0.3) is 0 Å². The van der Waals surface area contributed by atoms with Crippen LogP contribution < -0.4 is 5.73 Å². The van der Waals surface area contributed by atoms with E-state index in [1.807, 2.05) is 0 Å². The summed E-state index contributed by atoms with van der Waals surface area (Å²) < 4.78 is 0. The van der Waals surface area contributed by atoms with Gasteiger partial charge in [-0.2, -0.15) is 0 Å². The van der Waals surface area contributed by atoms with Crippen LogP contribution in [0, 0.1) is 18.8 Å². The molecule has 0 aliphatic heterocycles. The van der Waals surface area contributed by atoms with Gasteiger partial charge in [0.15, 0.2) is 0 Å². The number of aryl methyl sites for hydroxylation is 1. The zero-order valence-electron chi connectivity index (χ0n) is 8.78. The zero-order chi connectivity index (χ0) is 12.1. The lowest BCUT2D eigenvalue weighted by Crippen LogP contribution is -2.08. The largest absolute Gasteiger partial charge is 0.478 e. The first kappa shape index (κ1) is 11.8. The second-order valence-corrected chi connectivity index (χ2v) is 3.25. The summed E-state index contributed by atoms with van der Waals surface area (Å²) in [6, 6.07) is 4.89. The molecule has 0 saturated heterocycles. The van der Waals surface area contributed by atoms with Crippen LogP contribution in [0.3, 0.4) is 0 Å². The van der Waals surface area contributed by atoms with Crippen LogP contribution in [0.15, 0.2) is 18.2 Å². The zero-order valence-corrected chi connectivity index (χ0v) is 8.78. The Balaban J connectivity index is 3.14. The van der Waals surface area contributed by atoms with Gasteiger partial charge < -0.3 is 10.8 Å². The number of amides is 1.